The van der Waals surface area contributed by atoms with Gasteiger partial charge in [0.2, 0.25) is 0 Å². The molecule has 3 nitrogen and oxygen atoms in total. The summed E-state index contributed by atoms with van der Waals surface area (Å²) in [5.41, 5.74) is 2.47. The van der Waals surface area contributed by atoms with Crippen LogP contribution in [-0.4, -0.2) is 28.6 Å². The maximum Gasteiger partial charge on any atom is 0.500 e. The van der Waals surface area contributed by atoms with E-state index < -0.39 is 8.80 Å². The monoisotopic (exact) mass is 308 g/mol. The van der Waals surface area contributed by atoms with Crippen LogP contribution in [0.25, 0.3) is 6.08 Å². The highest BCUT2D eigenvalue weighted by Crippen LogP contribution is 2.16. The maximum absolute atomic E-state index is 6.00. The molecule has 0 bridgehead atoms. The molecular weight excluding hydrogens is 280 g/mol. The van der Waals surface area contributed by atoms with E-state index in [9.17, 15) is 0 Å². The minimum absolute atomic E-state index is 0.642. The zero-order chi connectivity index (χ0) is 15.6. The minimum Gasteiger partial charge on any atom is -0.374 e. The van der Waals surface area contributed by atoms with Gasteiger partial charge in [0.25, 0.3) is 0 Å². The number of rotatable bonds is 11. The first-order valence-electron chi connectivity index (χ1n) is 7.83. The smallest absolute Gasteiger partial charge is 0.374 e. The predicted molar refractivity (Wildman–Crippen MR) is 90.3 cm³/mol. The fraction of sp³-hybridized carbons (Fsp3) is 0.529. The lowest BCUT2D eigenvalue weighted by molar-refractivity contribution is 0.0674. The molecule has 0 atom stereocenters. The Hall–Kier alpha value is -0.943. The summed E-state index contributed by atoms with van der Waals surface area (Å²) in [6.45, 7) is 11.8. The van der Waals surface area contributed by atoms with Crippen molar-refractivity contribution < 1.29 is 13.3 Å². The van der Waals surface area contributed by atoms with Crippen LogP contribution in [0.15, 0.2) is 30.8 Å². The van der Waals surface area contributed by atoms with Crippen LogP contribution < -0.4 is 0 Å². The van der Waals surface area contributed by atoms with Crippen LogP contribution in [0.4, 0.5) is 0 Å². The molecule has 1 aromatic rings. The third-order valence-electron chi connectivity index (χ3n) is 3.31. The van der Waals surface area contributed by atoms with Crippen molar-refractivity contribution in [2.45, 2.75) is 39.7 Å². The van der Waals surface area contributed by atoms with Crippen molar-refractivity contribution in [2.24, 2.45) is 0 Å². The zero-order valence-corrected chi connectivity index (χ0v) is 14.6. The van der Waals surface area contributed by atoms with Crippen molar-refractivity contribution in [2.75, 3.05) is 19.8 Å². The lowest BCUT2D eigenvalue weighted by Crippen LogP contribution is -2.45. The molecule has 21 heavy (non-hydrogen) atoms. The van der Waals surface area contributed by atoms with Crippen LogP contribution in [0.3, 0.4) is 0 Å². The molecule has 0 unspecified atom stereocenters. The zero-order valence-electron chi connectivity index (χ0n) is 13.6. The van der Waals surface area contributed by atoms with E-state index in [1.165, 1.54) is 5.56 Å². The molecule has 1 aromatic carbocycles. The van der Waals surface area contributed by atoms with Gasteiger partial charge in [-0.2, -0.15) is 0 Å². The van der Waals surface area contributed by atoms with Crippen molar-refractivity contribution in [1.29, 1.82) is 0 Å². The van der Waals surface area contributed by atoms with Gasteiger partial charge in [-0.3, -0.25) is 0 Å². The fourth-order valence-corrected chi connectivity index (χ4v) is 4.39. The van der Waals surface area contributed by atoms with Crippen molar-refractivity contribution in [3.63, 3.8) is 0 Å². The Kier molecular flexibility index (Phi) is 8.53. The van der Waals surface area contributed by atoms with Crippen LogP contribution in [-0.2, 0) is 19.7 Å². The number of hydrogen-bond acceptors (Lipinski definition) is 3. The summed E-state index contributed by atoms with van der Waals surface area (Å²) in [6, 6.07) is 9.30. The van der Waals surface area contributed by atoms with Gasteiger partial charge in [0.1, 0.15) is 0 Å². The lowest BCUT2D eigenvalue weighted by Gasteiger charge is -2.27. The second-order valence-corrected chi connectivity index (χ2v) is 7.74. The fourth-order valence-electron chi connectivity index (χ4n) is 2.20. The largest absolute Gasteiger partial charge is 0.500 e. The summed E-state index contributed by atoms with van der Waals surface area (Å²) in [6.07, 6.45) is 3.84. The molecule has 0 aliphatic heterocycles. The molecule has 4 heteroatoms. The van der Waals surface area contributed by atoms with Gasteiger partial charge in [0.05, 0.1) is 0 Å². The van der Waals surface area contributed by atoms with E-state index in [1.54, 1.807) is 0 Å². The Morgan fingerprint density at radius 1 is 1.00 bits per heavy atom. The van der Waals surface area contributed by atoms with Gasteiger partial charge in [-0.05, 0) is 37.8 Å². The Balaban J connectivity index is 2.40. The van der Waals surface area contributed by atoms with Crippen molar-refractivity contribution in [1.82, 2.24) is 0 Å². The Labute approximate surface area is 130 Å². The van der Waals surface area contributed by atoms with Crippen molar-refractivity contribution in [3.05, 3.63) is 42.0 Å². The van der Waals surface area contributed by atoms with Gasteiger partial charge >= 0.3 is 8.80 Å². The van der Waals surface area contributed by atoms with E-state index in [2.05, 4.69) is 37.8 Å². The average molecular weight is 308 g/mol. The predicted octanol–water partition coefficient (Wildman–Crippen LogP) is 4.31. The molecule has 0 amide bonds. The van der Waals surface area contributed by atoms with Crippen LogP contribution in [0.5, 0.6) is 0 Å². The topological polar surface area (TPSA) is 27.7 Å². The Morgan fingerprint density at radius 3 is 2.10 bits per heavy atom. The van der Waals surface area contributed by atoms with Crippen LogP contribution in [0.2, 0.25) is 6.04 Å². The third kappa shape index (κ3) is 6.14. The standard InChI is InChI=1S/C17H28O3Si/c1-5-16-11-13-17(14-12-16)10-9-15-20-21(8-4,18-6-2)19-7-3/h5,11-14H,1,6-10,15H2,2-4H3. The van der Waals surface area contributed by atoms with Gasteiger partial charge in [0.15, 0.2) is 0 Å². The number of aryl methyl sites for hydroxylation is 1. The highest BCUT2D eigenvalue weighted by molar-refractivity contribution is 6.60. The van der Waals surface area contributed by atoms with Crippen LogP contribution >= 0.6 is 0 Å². The van der Waals surface area contributed by atoms with E-state index in [1.807, 2.05) is 19.9 Å². The Morgan fingerprint density at radius 2 is 1.62 bits per heavy atom. The summed E-state index contributed by atoms with van der Waals surface area (Å²) in [4.78, 5) is 0. The molecular formula is C17H28O3Si. The molecule has 0 aromatic heterocycles. The first-order valence-corrected chi connectivity index (χ1v) is 9.76. The molecule has 0 saturated carbocycles. The molecule has 0 spiro atoms. The molecule has 0 fully saturated rings. The normalized spacial score (nSPS) is 11.6. The first-order chi connectivity index (χ1) is 10.2. The summed E-state index contributed by atoms with van der Waals surface area (Å²) < 4.78 is 17.6. The maximum atomic E-state index is 6.00. The minimum atomic E-state index is -2.44. The van der Waals surface area contributed by atoms with Crippen LogP contribution in [0, 0.1) is 0 Å². The number of hydrogen-bond donors (Lipinski definition) is 0. The molecule has 0 saturated heterocycles. The highest BCUT2D eigenvalue weighted by atomic mass is 28.4. The van der Waals surface area contributed by atoms with Gasteiger partial charge in [-0.25, -0.2) is 0 Å². The summed E-state index contributed by atoms with van der Waals surface area (Å²) in [5.74, 6) is 0. The Bertz CT molecular complexity index is 397. The second kappa shape index (κ2) is 9.90. The molecule has 0 aliphatic carbocycles. The highest BCUT2D eigenvalue weighted by Gasteiger charge is 2.38. The molecule has 0 aliphatic rings. The summed E-state index contributed by atoms with van der Waals surface area (Å²) in [7, 11) is -2.44. The molecule has 0 N–H and O–H groups in total. The number of benzene rings is 1. The van der Waals surface area contributed by atoms with Gasteiger partial charge in [-0.1, -0.05) is 43.8 Å². The third-order valence-corrected chi connectivity index (χ3v) is 6.28. The van der Waals surface area contributed by atoms with E-state index in [0.29, 0.717) is 19.8 Å². The van der Waals surface area contributed by atoms with Crippen molar-refractivity contribution in [3.8, 4) is 0 Å². The average Bonchev–Trinajstić information content (AvgIpc) is 2.52. The molecule has 0 radical (unpaired) electrons. The summed E-state index contributed by atoms with van der Waals surface area (Å²) >= 11 is 0. The molecule has 1 rings (SSSR count). The first kappa shape index (κ1) is 18.1. The van der Waals surface area contributed by atoms with E-state index in [0.717, 1.165) is 24.4 Å². The molecule has 0 heterocycles. The van der Waals surface area contributed by atoms with E-state index >= 15 is 0 Å². The quantitative estimate of drug-likeness (QED) is 0.450. The lowest BCUT2D eigenvalue weighted by atomic mass is 10.1. The van der Waals surface area contributed by atoms with Crippen LogP contribution in [0.1, 0.15) is 38.3 Å². The SMILES string of the molecule is C=Cc1ccc(CCCO[Si](CC)(OCC)OCC)cc1. The van der Waals surface area contributed by atoms with E-state index in [4.69, 9.17) is 13.3 Å². The van der Waals surface area contributed by atoms with Gasteiger partial charge in [-0.15, -0.1) is 0 Å². The van der Waals surface area contributed by atoms with Gasteiger partial charge in [0, 0.05) is 25.9 Å². The van der Waals surface area contributed by atoms with E-state index in [-0.39, 0.29) is 0 Å². The summed E-state index contributed by atoms with van der Waals surface area (Å²) in [5, 5.41) is 0. The van der Waals surface area contributed by atoms with Crippen molar-refractivity contribution >= 4 is 14.9 Å². The molecule has 118 valence electrons. The van der Waals surface area contributed by atoms with Gasteiger partial charge < -0.3 is 13.3 Å². The second-order valence-electron chi connectivity index (χ2n) is 4.80.